The van der Waals surface area contributed by atoms with Gasteiger partial charge in [-0.3, -0.25) is 0 Å². The summed E-state index contributed by atoms with van der Waals surface area (Å²) in [6.07, 6.45) is 2.45. The average Bonchev–Trinajstić information content (AvgIpc) is 2.43. The van der Waals surface area contributed by atoms with Crippen molar-refractivity contribution in [2.24, 2.45) is 7.05 Å². The third-order valence-corrected chi connectivity index (χ3v) is 2.15. The zero-order valence-corrected chi connectivity index (χ0v) is 11.2. The maximum atomic E-state index is 11.5. The minimum atomic E-state index is -0.665. The van der Waals surface area contributed by atoms with Gasteiger partial charge in [-0.05, 0) is 0 Å². The Hall–Kier alpha value is -1.08. The van der Waals surface area contributed by atoms with Crippen LogP contribution in [0.5, 0.6) is 0 Å². The molecule has 0 N–H and O–H groups in total. The van der Waals surface area contributed by atoms with E-state index in [0.717, 1.165) is 20.0 Å². The fraction of sp³-hybridized carbons (Fsp3) is 0.250. The van der Waals surface area contributed by atoms with Crippen molar-refractivity contribution in [1.82, 2.24) is 13.9 Å². The molecule has 0 fully saturated rings. The largest absolute Gasteiger partial charge is 0.417 e. The third-order valence-electron chi connectivity index (χ3n) is 2.15. The number of hydrogen-bond donors (Lipinski definition) is 0. The Labute approximate surface area is 114 Å². The van der Waals surface area contributed by atoms with Gasteiger partial charge in [0.25, 0.3) is 0 Å². The van der Waals surface area contributed by atoms with Crippen molar-refractivity contribution in [2.75, 3.05) is 0 Å². The predicted molar refractivity (Wildman–Crippen MR) is 48.9 cm³/mol. The first-order chi connectivity index (χ1) is 7.06. The first kappa shape index (κ1) is 13.0. The molecule has 8 heteroatoms. The molecule has 1 aliphatic heterocycles. The maximum Gasteiger partial charge on any atom is 0.348 e. The first-order valence-electron chi connectivity index (χ1n) is 4.08. The smallest absolute Gasteiger partial charge is 0.348 e. The van der Waals surface area contributed by atoms with E-state index in [1.807, 2.05) is 0 Å². The van der Waals surface area contributed by atoms with Gasteiger partial charge >= 0.3 is 11.4 Å². The van der Waals surface area contributed by atoms with E-state index in [4.69, 9.17) is 0 Å². The second-order valence-electron chi connectivity index (χ2n) is 3.09. The Morgan fingerprint density at radius 1 is 1.25 bits per heavy atom. The summed E-state index contributed by atoms with van der Waals surface area (Å²) in [5.74, 6) is -0.416. The summed E-state index contributed by atoms with van der Waals surface area (Å²) < 4.78 is 2.57. The minimum absolute atomic E-state index is 0. The van der Waals surface area contributed by atoms with Crippen molar-refractivity contribution in [3.05, 3.63) is 27.0 Å². The molecular formula is C8H6N3O4Y-. The van der Waals surface area contributed by atoms with Gasteiger partial charge in [-0.1, -0.05) is 5.70 Å². The van der Waals surface area contributed by atoms with Crippen LogP contribution in [0.2, 0.25) is 0 Å². The summed E-state index contributed by atoms with van der Waals surface area (Å²) >= 11 is 0. The Morgan fingerprint density at radius 2 is 1.88 bits per heavy atom. The molecule has 1 aromatic rings. The molecule has 0 bridgehead atoms. The van der Waals surface area contributed by atoms with Crippen molar-refractivity contribution in [3.63, 3.8) is 0 Å². The summed E-state index contributed by atoms with van der Waals surface area (Å²) in [7, 11) is 1.27. The fourth-order valence-electron chi connectivity index (χ4n) is 1.44. The van der Waals surface area contributed by atoms with E-state index < -0.39 is 17.2 Å². The Morgan fingerprint density at radius 3 is 2.44 bits per heavy atom. The predicted octanol–water partition coefficient (Wildman–Crippen LogP) is -2.12. The molecule has 2 rings (SSSR count). The quantitative estimate of drug-likeness (QED) is 0.555. The number of allylic oxidation sites excluding steroid dienone is 2. The van der Waals surface area contributed by atoms with E-state index in [1.54, 1.807) is 0 Å². The number of carbonyl (C=O) groups is 1. The second-order valence-corrected chi connectivity index (χ2v) is 3.09. The van der Waals surface area contributed by atoms with E-state index in [-0.39, 0.29) is 45.0 Å². The number of aromatic nitrogens is 3. The van der Waals surface area contributed by atoms with Crippen LogP contribution >= 0.6 is 0 Å². The van der Waals surface area contributed by atoms with Crippen molar-refractivity contribution < 1.29 is 42.3 Å². The molecular weight excluding hydrogens is 291 g/mol. The van der Waals surface area contributed by atoms with Gasteiger partial charge in [-0.25, -0.2) is 23.5 Å². The molecule has 81 valence electrons. The molecule has 0 saturated carbocycles. The minimum Gasteiger partial charge on any atom is -0.417 e. The molecule has 0 spiro atoms. The van der Waals surface area contributed by atoms with E-state index in [0.29, 0.717) is 0 Å². The number of ketones is 1. The SMILES string of the molecule is Cn1c(=O)n2n(c1=O)C([C-]=O)=CC(=O)C2.[Y]. The summed E-state index contributed by atoms with van der Waals surface area (Å²) in [4.78, 5) is 44.6. The molecule has 0 atom stereocenters. The number of carbonyl (C=O) groups excluding carboxylic acids is 2. The second kappa shape index (κ2) is 4.43. The standard InChI is InChI=1S/C8H6N3O4.Y/c1-9-7(14)10-3-6(13)2-5(4-12)11(10)8(9)15;/h2H,3H2,1H3;/q-1;. The van der Waals surface area contributed by atoms with Gasteiger partial charge < -0.3 is 9.59 Å². The molecule has 7 nitrogen and oxygen atoms in total. The van der Waals surface area contributed by atoms with Crippen LogP contribution in [0.25, 0.3) is 5.70 Å². The molecule has 0 unspecified atom stereocenters. The molecule has 1 radical (unpaired) electrons. The van der Waals surface area contributed by atoms with Crippen LogP contribution in [0.1, 0.15) is 0 Å². The summed E-state index contributed by atoms with van der Waals surface area (Å²) in [6, 6.07) is 0. The molecule has 0 amide bonds. The zero-order valence-electron chi connectivity index (χ0n) is 8.34. The number of rotatable bonds is 1. The van der Waals surface area contributed by atoms with Crippen LogP contribution in [0.4, 0.5) is 0 Å². The van der Waals surface area contributed by atoms with Gasteiger partial charge in [0.1, 0.15) is 0 Å². The van der Waals surface area contributed by atoms with E-state index in [9.17, 15) is 19.2 Å². The van der Waals surface area contributed by atoms with Crippen LogP contribution in [-0.2, 0) is 55.9 Å². The normalized spacial score (nSPS) is 13.8. The van der Waals surface area contributed by atoms with Crippen molar-refractivity contribution in [3.8, 4) is 0 Å². The monoisotopic (exact) mass is 297 g/mol. The van der Waals surface area contributed by atoms with Gasteiger partial charge in [0.15, 0.2) is 0 Å². The zero-order chi connectivity index (χ0) is 11.2. The van der Waals surface area contributed by atoms with Gasteiger partial charge in [-0.2, -0.15) is 0 Å². The summed E-state index contributed by atoms with van der Waals surface area (Å²) in [5, 5.41) is 0. The molecule has 16 heavy (non-hydrogen) atoms. The molecule has 1 aliphatic rings. The molecule has 1 aromatic heterocycles. The van der Waals surface area contributed by atoms with E-state index >= 15 is 0 Å². The Bertz CT molecular complexity index is 604. The van der Waals surface area contributed by atoms with Crippen LogP contribution in [-0.4, -0.2) is 26.0 Å². The van der Waals surface area contributed by atoms with E-state index in [1.165, 1.54) is 13.3 Å². The Kier molecular flexibility index (Phi) is 3.59. The van der Waals surface area contributed by atoms with E-state index in [2.05, 4.69) is 0 Å². The summed E-state index contributed by atoms with van der Waals surface area (Å²) in [6.45, 7) is -0.236. The molecule has 2 heterocycles. The van der Waals surface area contributed by atoms with Crippen molar-refractivity contribution in [1.29, 1.82) is 0 Å². The van der Waals surface area contributed by atoms with Gasteiger partial charge in [0.05, 0.1) is 12.3 Å². The molecule has 0 saturated heterocycles. The van der Waals surface area contributed by atoms with Gasteiger partial charge in [-0.15, -0.1) is 6.08 Å². The van der Waals surface area contributed by atoms with Crippen LogP contribution < -0.4 is 11.4 Å². The number of fused-ring (bicyclic) bond motifs is 1. The van der Waals surface area contributed by atoms with Crippen molar-refractivity contribution in [2.45, 2.75) is 6.54 Å². The first-order valence-corrected chi connectivity index (χ1v) is 4.08. The number of hydrogen-bond acceptors (Lipinski definition) is 4. The van der Waals surface area contributed by atoms with Crippen LogP contribution in [0, 0.1) is 0 Å². The van der Waals surface area contributed by atoms with Gasteiger partial charge in [0, 0.05) is 46.0 Å². The average molecular weight is 297 g/mol. The van der Waals surface area contributed by atoms with Gasteiger partial charge in [0.2, 0.25) is 0 Å². The molecule has 0 aliphatic carbocycles. The van der Waals surface area contributed by atoms with Crippen molar-refractivity contribution >= 4 is 17.8 Å². The maximum absolute atomic E-state index is 11.5. The Balaban J connectivity index is 0.00000128. The third kappa shape index (κ3) is 1.70. The number of nitrogens with zero attached hydrogens (tertiary/aromatic N) is 3. The fourth-order valence-corrected chi connectivity index (χ4v) is 1.44. The van der Waals surface area contributed by atoms with Crippen LogP contribution in [0.15, 0.2) is 15.7 Å². The van der Waals surface area contributed by atoms with Crippen LogP contribution in [0.3, 0.4) is 0 Å². The summed E-state index contributed by atoms with van der Waals surface area (Å²) in [5.41, 5.74) is -1.54. The molecule has 0 aromatic carbocycles. The topological polar surface area (TPSA) is 83.1 Å².